The van der Waals surface area contributed by atoms with Gasteiger partial charge in [-0.1, -0.05) is 0 Å². The van der Waals surface area contributed by atoms with Crippen molar-refractivity contribution in [3.63, 3.8) is 0 Å². The van der Waals surface area contributed by atoms with Crippen LogP contribution in [0.1, 0.15) is 44.9 Å². The van der Waals surface area contributed by atoms with Gasteiger partial charge in [0.15, 0.2) is 0 Å². The summed E-state index contributed by atoms with van der Waals surface area (Å²) in [5, 5.41) is 0. The molecule has 0 aromatic heterocycles. The van der Waals surface area contributed by atoms with E-state index < -0.39 is 0 Å². The molecule has 110 valence electrons. The minimum atomic E-state index is 0.358. The molecule has 0 aromatic rings. The molecule has 1 heterocycles. The van der Waals surface area contributed by atoms with Crippen molar-refractivity contribution in [1.82, 2.24) is 4.90 Å². The minimum Gasteiger partial charge on any atom is -0.384 e. The van der Waals surface area contributed by atoms with Gasteiger partial charge in [0.25, 0.3) is 0 Å². The number of carbonyl (C=O) groups is 1. The maximum Gasteiger partial charge on any atom is 0.222 e. The van der Waals surface area contributed by atoms with Gasteiger partial charge in [-0.2, -0.15) is 0 Å². The van der Waals surface area contributed by atoms with E-state index in [9.17, 15) is 4.79 Å². The highest BCUT2D eigenvalue weighted by Gasteiger charge is 2.26. The molecule has 0 atom stereocenters. The van der Waals surface area contributed by atoms with E-state index in [0.29, 0.717) is 23.8 Å². The fourth-order valence-corrected chi connectivity index (χ4v) is 3.35. The number of hydrogen-bond donors (Lipinski definition) is 1. The monoisotopic (exact) mass is 268 g/mol. The first-order chi connectivity index (χ1) is 9.19. The maximum atomic E-state index is 12.3. The number of likely N-dealkylation sites (tertiary alicyclic amines) is 1. The van der Waals surface area contributed by atoms with E-state index in [2.05, 4.69) is 4.90 Å². The quantitative estimate of drug-likeness (QED) is 0.845. The van der Waals surface area contributed by atoms with Crippen LogP contribution in [-0.2, 0) is 9.53 Å². The number of nitrogens with two attached hydrogens (primary N) is 1. The number of methoxy groups -OCH3 is 1. The standard InChI is InChI=1S/C15H28N2O2/c1-19-11-13-6-8-17(9-7-13)15(18)10-12-2-4-14(16)5-3-12/h12-14H,2-11,16H2,1H3. The second kappa shape index (κ2) is 7.25. The van der Waals surface area contributed by atoms with E-state index in [1.165, 1.54) is 0 Å². The lowest BCUT2D eigenvalue weighted by Gasteiger charge is -2.33. The molecule has 1 amide bonds. The van der Waals surface area contributed by atoms with Crippen molar-refractivity contribution in [2.24, 2.45) is 17.6 Å². The van der Waals surface area contributed by atoms with E-state index in [4.69, 9.17) is 10.5 Å². The lowest BCUT2D eigenvalue weighted by atomic mass is 9.84. The van der Waals surface area contributed by atoms with E-state index in [1.807, 2.05) is 0 Å². The van der Waals surface area contributed by atoms with Gasteiger partial charge < -0.3 is 15.4 Å². The van der Waals surface area contributed by atoms with Crippen LogP contribution in [0, 0.1) is 11.8 Å². The van der Waals surface area contributed by atoms with E-state index in [0.717, 1.165) is 64.6 Å². The number of ether oxygens (including phenoxy) is 1. The fourth-order valence-electron chi connectivity index (χ4n) is 3.35. The molecular weight excluding hydrogens is 240 g/mol. The van der Waals surface area contributed by atoms with Crippen LogP contribution in [0.5, 0.6) is 0 Å². The van der Waals surface area contributed by atoms with Crippen molar-refractivity contribution in [3.05, 3.63) is 0 Å². The highest BCUT2D eigenvalue weighted by atomic mass is 16.5. The summed E-state index contributed by atoms with van der Waals surface area (Å²) < 4.78 is 5.19. The van der Waals surface area contributed by atoms with Gasteiger partial charge in [-0.3, -0.25) is 4.79 Å². The Morgan fingerprint density at radius 3 is 2.32 bits per heavy atom. The molecule has 19 heavy (non-hydrogen) atoms. The van der Waals surface area contributed by atoms with Crippen LogP contribution in [0.15, 0.2) is 0 Å². The van der Waals surface area contributed by atoms with E-state index >= 15 is 0 Å². The molecule has 2 rings (SSSR count). The average molecular weight is 268 g/mol. The highest BCUT2D eigenvalue weighted by molar-refractivity contribution is 5.76. The van der Waals surface area contributed by atoms with Crippen molar-refractivity contribution < 1.29 is 9.53 Å². The third-order valence-corrected chi connectivity index (χ3v) is 4.72. The van der Waals surface area contributed by atoms with Gasteiger partial charge >= 0.3 is 0 Å². The van der Waals surface area contributed by atoms with Crippen LogP contribution in [0.25, 0.3) is 0 Å². The van der Waals surface area contributed by atoms with E-state index in [-0.39, 0.29) is 0 Å². The smallest absolute Gasteiger partial charge is 0.222 e. The van der Waals surface area contributed by atoms with Crippen LogP contribution in [-0.4, -0.2) is 43.7 Å². The molecule has 1 aliphatic heterocycles. The van der Waals surface area contributed by atoms with Crippen molar-refractivity contribution in [1.29, 1.82) is 0 Å². The van der Waals surface area contributed by atoms with Crippen LogP contribution in [0.2, 0.25) is 0 Å². The molecule has 2 N–H and O–H groups in total. The number of carbonyl (C=O) groups excluding carboxylic acids is 1. The molecule has 2 aliphatic rings. The Bertz CT molecular complexity index is 280. The largest absolute Gasteiger partial charge is 0.384 e. The normalized spacial score (nSPS) is 29.5. The molecule has 0 bridgehead atoms. The first kappa shape index (κ1) is 14.8. The number of rotatable bonds is 4. The molecule has 4 heteroatoms. The third kappa shape index (κ3) is 4.46. The Labute approximate surface area is 116 Å². The topological polar surface area (TPSA) is 55.6 Å². The molecule has 0 aromatic carbocycles. The maximum absolute atomic E-state index is 12.3. The van der Waals surface area contributed by atoms with Crippen LogP contribution in [0.4, 0.5) is 0 Å². The summed E-state index contributed by atoms with van der Waals surface area (Å²) in [6, 6.07) is 0.371. The molecule has 0 unspecified atom stereocenters. The fraction of sp³-hybridized carbons (Fsp3) is 0.933. The Kier molecular flexibility index (Phi) is 5.64. The van der Waals surface area contributed by atoms with Crippen molar-refractivity contribution in [2.45, 2.75) is 51.0 Å². The second-order valence-electron chi connectivity index (χ2n) is 6.26. The summed E-state index contributed by atoms with van der Waals surface area (Å²) in [5.41, 5.74) is 5.91. The highest BCUT2D eigenvalue weighted by Crippen LogP contribution is 2.27. The summed E-state index contributed by atoms with van der Waals surface area (Å²) in [7, 11) is 1.76. The number of piperidine rings is 1. The van der Waals surface area contributed by atoms with Crippen molar-refractivity contribution >= 4 is 5.91 Å². The van der Waals surface area contributed by atoms with Gasteiger partial charge in [0, 0.05) is 39.3 Å². The molecular formula is C15H28N2O2. The van der Waals surface area contributed by atoms with Crippen LogP contribution < -0.4 is 5.73 Å². The number of amides is 1. The molecule has 1 saturated carbocycles. The molecule has 0 radical (unpaired) electrons. The minimum absolute atomic E-state index is 0.358. The molecule has 0 spiro atoms. The zero-order valence-electron chi connectivity index (χ0n) is 12.1. The van der Waals surface area contributed by atoms with Crippen molar-refractivity contribution in [3.8, 4) is 0 Å². The summed E-state index contributed by atoms with van der Waals surface area (Å²) in [5.74, 6) is 1.57. The molecule has 1 saturated heterocycles. The van der Waals surface area contributed by atoms with Gasteiger partial charge in [0.2, 0.25) is 5.91 Å². The van der Waals surface area contributed by atoms with Crippen LogP contribution >= 0.6 is 0 Å². The Balaban J connectivity index is 1.69. The Hall–Kier alpha value is -0.610. The summed E-state index contributed by atoms with van der Waals surface area (Å²) in [6.45, 7) is 2.67. The molecule has 1 aliphatic carbocycles. The van der Waals surface area contributed by atoms with Gasteiger partial charge in [-0.05, 0) is 50.4 Å². The number of hydrogen-bond acceptors (Lipinski definition) is 3. The summed E-state index contributed by atoms with van der Waals surface area (Å²) >= 11 is 0. The lowest BCUT2D eigenvalue weighted by molar-refractivity contribution is -0.134. The Morgan fingerprint density at radius 2 is 1.74 bits per heavy atom. The first-order valence-corrected chi connectivity index (χ1v) is 7.71. The van der Waals surface area contributed by atoms with Gasteiger partial charge in [0.1, 0.15) is 0 Å². The zero-order valence-corrected chi connectivity index (χ0v) is 12.1. The SMILES string of the molecule is COCC1CCN(C(=O)CC2CCC(N)CC2)CC1. The van der Waals surface area contributed by atoms with Gasteiger partial charge in [-0.25, -0.2) is 0 Å². The van der Waals surface area contributed by atoms with Gasteiger partial charge in [0.05, 0.1) is 0 Å². The third-order valence-electron chi connectivity index (χ3n) is 4.72. The first-order valence-electron chi connectivity index (χ1n) is 7.71. The van der Waals surface area contributed by atoms with Crippen molar-refractivity contribution in [2.75, 3.05) is 26.8 Å². The lowest BCUT2D eigenvalue weighted by Crippen LogP contribution is -2.40. The zero-order chi connectivity index (χ0) is 13.7. The summed E-state index contributed by atoms with van der Waals surface area (Å²) in [4.78, 5) is 14.3. The summed E-state index contributed by atoms with van der Waals surface area (Å²) in [6.07, 6.45) is 7.37. The molecule has 4 nitrogen and oxygen atoms in total. The predicted molar refractivity (Wildman–Crippen MR) is 75.7 cm³/mol. The van der Waals surface area contributed by atoms with Gasteiger partial charge in [-0.15, -0.1) is 0 Å². The van der Waals surface area contributed by atoms with E-state index in [1.54, 1.807) is 7.11 Å². The number of nitrogens with zero attached hydrogens (tertiary/aromatic N) is 1. The second-order valence-corrected chi connectivity index (χ2v) is 6.26. The predicted octanol–water partition coefficient (Wildman–Crippen LogP) is 1.78. The average Bonchev–Trinajstić information content (AvgIpc) is 2.42. The van der Waals surface area contributed by atoms with Crippen LogP contribution in [0.3, 0.4) is 0 Å². The molecule has 2 fully saturated rings. The Morgan fingerprint density at radius 1 is 1.11 bits per heavy atom.